The number of hydrogen-bond donors (Lipinski definition) is 0. The van der Waals surface area contributed by atoms with E-state index in [1.54, 1.807) is 18.4 Å². The molecule has 28 heavy (non-hydrogen) atoms. The number of aryl methyl sites for hydroxylation is 1. The maximum atomic E-state index is 5.79. The van der Waals surface area contributed by atoms with Crippen molar-refractivity contribution in [2.75, 3.05) is 7.11 Å². The van der Waals surface area contributed by atoms with Crippen LogP contribution >= 0.6 is 23.1 Å². The van der Waals surface area contributed by atoms with Crippen molar-refractivity contribution in [1.82, 2.24) is 15.2 Å². The van der Waals surface area contributed by atoms with Crippen LogP contribution in [0.4, 0.5) is 0 Å². The lowest BCUT2D eigenvalue weighted by atomic mass is 10.1. The van der Waals surface area contributed by atoms with Gasteiger partial charge in [0.2, 0.25) is 0 Å². The third-order valence-electron chi connectivity index (χ3n) is 4.25. The number of aromatic nitrogens is 3. The Hall–Kier alpha value is -2.64. The van der Waals surface area contributed by atoms with Crippen LogP contribution < -0.4 is 4.74 Å². The smallest absolute Gasteiger partial charge is 0.277 e. The fourth-order valence-electron chi connectivity index (χ4n) is 2.72. The second kappa shape index (κ2) is 8.58. The summed E-state index contributed by atoms with van der Waals surface area (Å²) in [5.74, 6) is 1.84. The summed E-state index contributed by atoms with van der Waals surface area (Å²) in [5.41, 5.74) is 4.27. The highest BCUT2D eigenvalue weighted by molar-refractivity contribution is 7.98. The first-order chi connectivity index (χ1) is 13.8. The summed E-state index contributed by atoms with van der Waals surface area (Å²) in [5, 5.41) is 11.9. The number of hydrogen-bond acceptors (Lipinski definition) is 7. The van der Waals surface area contributed by atoms with Gasteiger partial charge in [0.05, 0.1) is 18.4 Å². The molecule has 0 N–H and O–H groups in total. The summed E-state index contributed by atoms with van der Waals surface area (Å²) in [7, 11) is 1.63. The molecule has 0 bridgehead atoms. The summed E-state index contributed by atoms with van der Waals surface area (Å²) in [6.07, 6.45) is 1.04. The Morgan fingerprint density at radius 3 is 2.68 bits per heavy atom. The lowest BCUT2D eigenvalue weighted by molar-refractivity contribution is 0.411. The van der Waals surface area contributed by atoms with Crippen molar-refractivity contribution in [1.29, 1.82) is 0 Å². The van der Waals surface area contributed by atoms with E-state index in [4.69, 9.17) is 14.1 Å². The average molecular weight is 410 g/mol. The minimum atomic E-state index is 0.454. The van der Waals surface area contributed by atoms with E-state index in [9.17, 15) is 0 Å². The van der Waals surface area contributed by atoms with Gasteiger partial charge in [-0.05, 0) is 24.1 Å². The number of nitrogens with zero attached hydrogens (tertiary/aromatic N) is 3. The molecule has 0 fully saturated rings. The second-order valence-corrected chi connectivity index (χ2v) is 7.84. The molecule has 2 aromatic heterocycles. The van der Waals surface area contributed by atoms with E-state index >= 15 is 0 Å². The molecular formula is C21H19N3O2S2. The summed E-state index contributed by atoms with van der Waals surface area (Å²) in [6.45, 7) is 2.16. The lowest BCUT2D eigenvalue weighted by Crippen LogP contribution is -1.87. The number of methoxy groups -OCH3 is 1. The zero-order valence-corrected chi connectivity index (χ0v) is 17.2. The van der Waals surface area contributed by atoms with E-state index < -0.39 is 0 Å². The molecule has 0 saturated carbocycles. The van der Waals surface area contributed by atoms with E-state index in [0.717, 1.165) is 28.2 Å². The third-order valence-corrected chi connectivity index (χ3v) is 6.04. The van der Waals surface area contributed by atoms with Crippen LogP contribution in [0.1, 0.15) is 18.2 Å². The zero-order chi connectivity index (χ0) is 19.3. The molecule has 7 heteroatoms. The zero-order valence-electron chi connectivity index (χ0n) is 15.6. The minimum absolute atomic E-state index is 0.454. The number of ether oxygens (including phenoxy) is 1. The van der Waals surface area contributed by atoms with Crippen LogP contribution in [0.25, 0.3) is 22.0 Å². The minimum Gasteiger partial charge on any atom is -0.496 e. The molecule has 0 aliphatic heterocycles. The van der Waals surface area contributed by atoms with E-state index in [-0.39, 0.29) is 0 Å². The van der Waals surface area contributed by atoms with E-state index in [2.05, 4.69) is 46.8 Å². The van der Waals surface area contributed by atoms with Gasteiger partial charge in [0, 0.05) is 16.7 Å². The van der Waals surface area contributed by atoms with Gasteiger partial charge in [-0.2, -0.15) is 0 Å². The Morgan fingerprint density at radius 1 is 1.07 bits per heavy atom. The fourth-order valence-corrected chi connectivity index (χ4v) is 4.31. The summed E-state index contributed by atoms with van der Waals surface area (Å²) < 4.78 is 11.1. The topological polar surface area (TPSA) is 61.0 Å². The standard InChI is InChI=1S/C21H19N3O2S2/c1-3-14-8-10-15(11-9-14)20-22-16(12-27-20)13-28-21-24-23-19(26-21)17-6-4-5-7-18(17)25-2/h4-12H,3,13H2,1-2H3. The molecule has 4 aromatic rings. The van der Waals surface area contributed by atoms with Crippen LogP contribution in [-0.4, -0.2) is 22.3 Å². The number of thiazole rings is 1. The molecule has 4 rings (SSSR count). The van der Waals surface area contributed by atoms with Gasteiger partial charge in [-0.1, -0.05) is 55.1 Å². The number of para-hydroxylation sites is 1. The molecule has 0 amide bonds. The molecule has 0 saturated heterocycles. The Morgan fingerprint density at radius 2 is 1.89 bits per heavy atom. The molecule has 0 aliphatic carbocycles. The van der Waals surface area contributed by atoms with E-state index in [1.807, 2.05) is 24.3 Å². The number of thioether (sulfide) groups is 1. The Bertz CT molecular complexity index is 1060. The van der Waals surface area contributed by atoms with Crippen molar-refractivity contribution in [3.63, 3.8) is 0 Å². The van der Waals surface area contributed by atoms with E-state index in [1.165, 1.54) is 17.3 Å². The highest BCUT2D eigenvalue weighted by atomic mass is 32.2. The van der Waals surface area contributed by atoms with Crippen molar-refractivity contribution in [2.24, 2.45) is 0 Å². The van der Waals surface area contributed by atoms with Gasteiger partial charge in [0.25, 0.3) is 11.1 Å². The quantitative estimate of drug-likeness (QED) is 0.364. The molecule has 2 heterocycles. The summed E-state index contributed by atoms with van der Waals surface area (Å²) >= 11 is 3.13. The first kappa shape index (κ1) is 18.7. The van der Waals surface area contributed by atoms with Crippen molar-refractivity contribution in [3.8, 4) is 27.8 Å². The van der Waals surface area contributed by atoms with Crippen LogP contribution in [0.5, 0.6) is 5.75 Å². The first-order valence-electron chi connectivity index (χ1n) is 8.90. The van der Waals surface area contributed by atoms with Crippen molar-refractivity contribution in [2.45, 2.75) is 24.3 Å². The van der Waals surface area contributed by atoms with Gasteiger partial charge in [0.1, 0.15) is 10.8 Å². The van der Waals surface area contributed by atoms with Crippen LogP contribution in [-0.2, 0) is 12.2 Å². The monoisotopic (exact) mass is 409 g/mol. The highest BCUT2D eigenvalue weighted by Gasteiger charge is 2.14. The Balaban J connectivity index is 1.43. The SMILES string of the molecule is CCc1ccc(-c2nc(CSc3nnc(-c4ccccc4OC)o3)cs2)cc1. The third kappa shape index (κ3) is 4.10. The van der Waals surface area contributed by atoms with Gasteiger partial charge >= 0.3 is 0 Å². The maximum absolute atomic E-state index is 5.79. The van der Waals surface area contributed by atoms with Crippen molar-refractivity contribution in [3.05, 3.63) is 65.2 Å². The Kier molecular flexibility index (Phi) is 5.73. The normalized spacial score (nSPS) is 10.9. The summed E-state index contributed by atoms with van der Waals surface area (Å²) in [6, 6.07) is 16.2. The molecule has 0 unspecified atom stereocenters. The van der Waals surface area contributed by atoms with Crippen LogP contribution in [0.2, 0.25) is 0 Å². The average Bonchev–Trinajstić information content (AvgIpc) is 3.42. The molecule has 142 valence electrons. The molecule has 5 nitrogen and oxygen atoms in total. The predicted octanol–water partition coefficient (Wildman–Crippen LogP) is 5.72. The van der Waals surface area contributed by atoms with Gasteiger partial charge in [-0.3, -0.25) is 0 Å². The number of rotatable bonds is 7. The van der Waals surface area contributed by atoms with Gasteiger partial charge in [0.15, 0.2) is 0 Å². The fraction of sp³-hybridized carbons (Fsp3) is 0.190. The molecule has 2 aromatic carbocycles. The van der Waals surface area contributed by atoms with Crippen LogP contribution in [0, 0.1) is 0 Å². The predicted molar refractivity (Wildman–Crippen MR) is 113 cm³/mol. The highest BCUT2D eigenvalue weighted by Crippen LogP contribution is 2.32. The Labute approximate surface area is 171 Å². The van der Waals surface area contributed by atoms with Crippen LogP contribution in [0.3, 0.4) is 0 Å². The number of benzene rings is 2. The second-order valence-electron chi connectivity index (χ2n) is 6.06. The molecular weight excluding hydrogens is 390 g/mol. The maximum Gasteiger partial charge on any atom is 0.277 e. The molecule has 0 atom stereocenters. The van der Waals surface area contributed by atoms with Crippen molar-refractivity contribution < 1.29 is 9.15 Å². The van der Waals surface area contributed by atoms with E-state index in [0.29, 0.717) is 22.6 Å². The molecule has 0 aliphatic rings. The first-order valence-corrected chi connectivity index (χ1v) is 10.8. The van der Waals surface area contributed by atoms with Gasteiger partial charge in [-0.25, -0.2) is 4.98 Å². The molecule has 0 spiro atoms. The van der Waals surface area contributed by atoms with Gasteiger partial charge < -0.3 is 9.15 Å². The molecule has 0 radical (unpaired) electrons. The van der Waals surface area contributed by atoms with Crippen molar-refractivity contribution >= 4 is 23.1 Å². The largest absolute Gasteiger partial charge is 0.496 e. The lowest BCUT2D eigenvalue weighted by Gasteiger charge is -2.03. The summed E-state index contributed by atoms with van der Waals surface area (Å²) in [4.78, 5) is 4.73. The van der Waals surface area contributed by atoms with Gasteiger partial charge in [-0.15, -0.1) is 21.5 Å². The van der Waals surface area contributed by atoms with Crippen LogP contribution in [0.15, 0.2) is 63.6 Å².